The molecule has 0 saturated carbocycles. The Morgan fingerprint density at radius 2 is 2.04 bits per heavy atom. The van der Waals surface area contributed by atoms with Gasteiger partial charge in [-0.1, -0.05) is 24.6 Å². The molecule has 26 heavy (non-hydrogen) atoms. The van der Waals surface area contributed by atoms with Crippen LogP contribution in [0.3, 0.4) is 0 Å². The van der Waals surface area contributed by atoms with E-state index in [1.165, 1.54) is 30.5 Å². The van der Waals surface area contributed by atoms with E-state index < -0.39 is 0 Å². The number of aromatic amines is 1. The van der Waals surface area contributed by atoms with Crippen molar-refractivity contribution in [2.75, 3.05) is 7.05 Å². The van der Waals surface area contributed by atoms with Gasteiger partial charge in [0.15, 0.2) is 0 Å². The van der Waals surface area contributed by atoms with E-state index in [9.17, 15) is 9.59 Å². The molecule has 1 aromatic heterocycles. The van der Waals surface area contributed by atoms with E-state index >= 15 is 0 Å². The molecule has 1 aliphatic carbocycles. The molecule has 0 bridgehead atoms. The normalized spacial score (nSPS) is 18.7. The zero-order valence-corrected chi connectivity index (χ0v) is 15.0. The maximum Gasteiger partial charge on any atom is 0.252 e. The highest BCUT2D eigenvalue weighted by molar-refractivity contribution is 5.99. The lowest BCUT2D eigenvalue weighted by molar-refractivity contribution is -0.131. The third-order valence-corrected chi connectivity index (χ3v) is 5.47. The first kappa shape index (κ1) is 16.8. The van der Waals surface area contributed by atoms with Crippen molar-refractivity contribution in [2.24, 2.45) is 0 Å². The van der Waals surface area contributed by atoms with E-state index in [4.69, 9.17) is 0 Å². The summed E-state index contributed by atoms with van der Waals surface area (Å²) in [5, 5.41) is 10.5. The van der Waals surface area contributed by atoms with Crippen LogP contribution in [-0.4, -0.2) is 34.0 Å². The topological polar surface area (TPSA) is 78.1 Å². The van der Waals surface area contributed by atoms with Crippen molar-refractivity contribution >= 4 is 11.8 Å². The van der Waals surface area contributed by atoms with E-state index in [0.29, 0.717) is 12.1 Å². The number of aryl methyl sites for hydroxylation is 1. The highest BCUT2D eigenvalue weighted by atomic mass is 16.2. The van der Waals surface area contributed by atoms with Gasteiger partial charge in [-0.15, -0.1) is 0 Å². The Labute approximate surface area is 153 Å². The van der Waals surface area contributed by atoms with Crippen molar-refractivity contribution in [2.45, 2.75) is 51.1 Å². The average molecular weight is 352 g/mol. The number of carbonyl (C=O) groups excluding carboxylic acids is 2. The van der Waals surface area contributed by atoms with E-state index in [1.54, 1.807) is 11.0 Å². The van der Waals surface area contributed by atoms with Crippen molar-refractivity contribution in [3.8, 4) is 0 Å². The Morgan fingerprint density at radius 3 is 2.92 bits per heavy atom. The van der Waals surface area contributed by atoms with Crippen molar-refractivity contribution in [3.63, 3.8) is 0 Å². The van der Waals surface area contributed by atoms with Crippen molar-refractivity contribution in [1.82, 2.24) is 20.4 Å². The molecule has 1 atom stereocenters. The molecule has 0 spiro atoms. The van der Waals surface area contributed by atoms with Crippen LogP contribution < -0.4 is 5.32 Å². The summed E-state index contributed by atoms with van der Waals surface area (Å²) < 4.78 is 0. The first-order chi connectivity index (χ1) is 12.6. The van der Waals surface area contributed by atoms with Gasteiger partial charge in [-0.05, 0) is 42.9 Å². The molecule has 6 nitrogen and oxygen atoms in total. The molecule has 1 aliphatic heterocycles. The molecule has 2 aromatic rings. The smallest absolute Gasteiger partial charge is 0.252 e. The van der Waals surface area contributed by atoms with Crippen LogP contribution in [0.4, 0.5) is 0 Å². The Kier molecular flexibility index (Phi) is 4.49. The van der Waals surface area contributed by atoms with E-state index in [0.717, 1.165) is 24.1 Å². The first-order valence-electron chi connectivity index (χ1n) is 9.32. The van der Waals surface area contributed by atoms with Gasteiger partial charge in [-0.25, -0.2) is 0 Å². The number of benzene rings is 1. The predicted molar refractivity (Wildman–Crippen MR) is 97.6 cm³/mol. The molecule has 136 valence electrons. The maximum absolute atomic E-state index is 12.7. The van der Waals surface area contributed by atoms with Crippen LogP contribution in [-0.2, 0) is 24.2 Å². The maximum atomic E-state index is 12.7. The number of rotatable bonds is 4. The second-order valence-corrected chi connectivity index (χ2v) is 7.26. The summed E-state index contributed by atoms with van der Waals surface area (Å²) in [6.45, 7) is 0.507. The van der Waals surface area contributed by atoms with Gasteiger partial charge in [-0.3, -0.25) is 14.7 Å². The Bertz CT molecular complexity index is 842. The number of nitrogens with zero attached hydrogens (tertiary/aromatic N) is 2. The van der Waals surface area contributed by atoms with Crippen molar-refractivity contribution < 1.29 is 9.59 Å². The minimum atomic E-state index is -0.245. The van der Waals surface area contributed by atoms with Gasteiger partial charge < -0.3 is 10.2 Å². The molecular weight excluding hydrogens is 328 g/mol. The van der Waals surface area contributed by atoms with Crippen LogP contribution in [0.5, 0.6) is 0 Å². The molecule has 6 heteroatoms. The third kappa shape index (κ3) is 3.11. The summed E-state index contributed by atoms with van der Waals surface area (Å²) in [7, 11) is 1.81. The highest BCUT2D eigenvalue weighted by Crippen LogP contribution is 2.28. The fourth-order valence-corrected chi connectivity index (χ4v) is 3.98. The quantitative estimate of drug-likeness (QED) is 0.830. The van der Waals surface area contributed by atoms with Crippen molar-refractivity contribution in [1.29, 1.82) is 0 Å². The van der Waals surface area contributed by atoms with E-state index in [-0.39, 0.29) is 24.3 Å². The second kappa shape index (κ2) is 6.94. The molecule has 2 aliphatic rings. The minimum Gasteiger partial charge on any atom is -0.345 e. The highest BCUT2D eigenvalue weighted by Gasteiger charge is 2.30. The molecule has 2 heterocycles. The number of aromatic nitrogens is 2. The van der Waals surface area contributed by atoms with Crippen LogP contribution >= 0.6 is 0 Å². The van der Waals surface area contributed by atoms with E-state index in [2.05, 4.69) is 15.5 Å². The molecule has 2 amide bonds. The first-order valence-corrected chi connectivity index (χ1v) is 9.32. The molecule has 2 N–H and O–H groups in total. The molecule has 0 unspecified atom stereocenters. The summed E-state index contributed by atoms with van der Waals surface area (Å²) in [5.74, 6) is -0.0870. The zero-order valence-electron chi connectivity index (χ0n) is 15.0. The van der Waals surface area contributed by atoms with Gasteiger partial charge in [-0.2, -0.15) is 5.10 Å². The van der Waals surface area contributed by atoms with Gasteiger partial charge in [0.05, 0.1) is 24.7 Å². The number of amides is 2. The molecular formula is C20H24N4O2. The van der Waals surface area contributed by atoms with Gasteiger partial charge in [0.1, 0.15) is 0 Å². The number of hydrogen-bond acceptors (Lipinski definition) is 3. The fourth-order valence-electron chi connectivity index (χ4n) is 3.98. The third-order valence-electron chi connectivity index (χ3n) is 5.47. The number of hydrogen-bond donors (Lipinski definition) is 2. The van der Waals surface area contributed by atoms with Crippen LogP contribution in [0.1, 0.15) is 64.6 Å². The Balaban J connectivity index is 1.43. The lowest BCUT2D eigenvalue weighted by atomic mass is 10.0. The van der Waals surface area contributed by atoms with Gasteiger partial charge in [0.2, 0.25) is 5.91 Å². The molecule has 0 saturated heterocycles. The van der Waals surface area contributed by atoms with Crippen molar-refractivity contribution in [3.05, 3.63) is 52.3 Å². The summed E-state index contributed by atoms with van der Waals surface area (Å²) in [6, 6.07) is 7.22. The average Bonchev–Trinajstić information content (AvgIpc) is 3.06. The molecule has 4 rings (SSSR count). The van der Waals surface area contributed by atoms with Gasteiger partial charge in [0.25, 0.3) is 5.91 Å². The monoisotopic (exact) mass is 352 g/mol. The van der Waals surface area contributed by atoms with Crippen LogP contribution in [0.15, 0.2) is 24.3 Å². The number of H-pyrrole nitrogens is 1. The van der Waals surface area contributed by atoms with Gasteiger partial charge in [0, 0.05) is 18.3 Å². The molecule has 1 aromatic carbocycles. The van der Waals surface area contributed by atoms with Crippen LogP contribution in [0.25, 0.3) is 0 Å². The second-order valence-electron chi connectivity index (χ2n) is 7.26. The summed E-state index contributed by atoms with van der Waals surface area (Å²) in [6.07, 6.45) is 5.98. The zero-order chi connectivity index (χ0) is 18.1. The number of nitrogens with one attached hydrogen (secondary N) is 2. The largest absolute Gasteiger partial charge is 0.345 e. The lowest BCUT2D eigenvalue weighted by Crippen LogP contribution is -2.31. The standard InChI is InChI=1S/C20H24N4O2/c1-24(12-18-15-9-3-2-4-10-16(15)22-23-18)19(25)11-17-13-7-5-6-8-14(13)20(26)21-17/h5-8,17H,2-4,9-12H2,1H3,(H,21,26)(H,22,23)/t17-/m0/s1. The summed E-state index contributed by atoms with van der Waals surface area (Å²) in [4.78, 5) is 26.5. The minimum absolute atomic E-state index is 0.0115. The fraction of sp³-hybridized carbons (Fsp3) is 0.450. The lowest BCUT2D eigenvalue weighted by Gasteiger charge is -2.19. The summed E-state index contributed by atoms with van der Waals surface area (Å²) >= 11 is 0. The molecule has 0 fully saturated rings. The molecule has 0 radical (unpaired) electrons. The SMILES string of the molecule is CN(Cc1n[nH]c2c1CCCCC2)C(=O)C[C@@H]1NC(=O)c2ccccc21. The van der Waals surface area contributed by atoms with E-state index in [1.807, 2.05) is 25.2 Å². The van der Waals surface area contributed by atoms with Crippen LogP contribution in [0, 0.1) is 0 Å². The summed E-state index contributed by atoms with van der Waals surface area (Å²) in [5.41, 5.74) is 5.09. The predicted octanol–water partition coefficient (Wildman–Crippen LogP) is 2.51. The van der Waals surface area contributed by atoms with Crippen LogP contribution in [0.2, 0.25) is 0 Å². The Morgan fingerprint density at radius 1 is 1.23 bits per heavy atom. The Hall–Kier alpha value is -2.63. The number of carbonyl (C=O) groups is 2. The van der Waals surface area contributed by atoms with Gasteiger partial charge >= 0.3 is 0 Å². The number of fused-ring (bicyclic) bond motifs is 2.